The maximum absolute atomic E-state index is 11.4. The molecule has 0 unspecified atom stereocenters. The van der Waals surface area contributed by atoms with Gasteiger partial charge in [-0.1, -0.05) is 0 Å². The second kappa shape index (κ2) is 4.38. The van der Waals surface area contributed by atoms with Crippen LogP contribution in [0.1, 0.15) is 26.5 Å². The van der Waals surface area contributed by atoms with E-state index < -0.39 is 11.7 Å². The Hall–Kier alpha value is -1.78. The van der Waals surface area contributed by atoms with Crippen molar-refractivity contribution in [3.63, 3.8) is 0 Å². The molecule has 0 saturated heterocycles. The normalized spacial score (nSPS) is 11.0. The zero-order chi connectivity index (χ0) is 12.3. The highest BCUT2D eigenvalue weighted by atomic mass is 16.6. The Balaban J connectivity index is 2.67. The minimum absolute atomic E-state index is 0.0357. The number of amides is 1. The fourth-order valence-electron chi connectivity index (χ4n) is 1.01. The van der Waals surface area contributed by atoms with E-state index in [1.807, 2.05) is 0 Å². The summed E-state index contributed by atoms with van der Waals surface area (Å²) < 4.78 is 5.05. The van der Waals surface area contributed by atoms with Gasteiger partial charge in [0.25, 0.3) is 0 Å². The highest BCUT2D eigenvalue weighted by molar-refractivity contribution is 5.84. The first kappa shape index (κ1) is 12.3. The predicted molar refractivity (Wildman–Crippen MR) is 60.5 cm³/mol. The van der Waals surface area contributed by atoms with Crippen molar-refractivity contribution in [1.29, 1.82) is 0 Å². The Morgan fingerprint density at radius 2 is 2.12 bits per heavy atom. The summed E-state index contributed by atoms with van der Waals surface area (Å²) in [7, 11) is 0. The third kappa shape index (κ3) is 3.76. The third-order valence-corrected chi connectivity index (χ3v) is 1.71. The van der Waals surface area contributed by atoms with Gasteiger partial charge in [-0.2, -0.15) is 0 Å². The zero-order valence-corrected chi connectivity index (χ0v) is 9.87. The number of carbonyl (C=O) groups excluding carboxylic acids is 1. The van der Waals surface area contributed by atoms with E-state index in [4.69, 9.17) is 4.74 Å². The van der Waals surface area contributed by atoms with Crippen LogP contribution in [-0.4, -0.2) is 21.8 Å². The van der Waals surface area contributed by atoms with Gasteiger partial charge in [0, 0.05) is 6.07 Å². The Morgan fingerprint density at radius 1 is 1.50 bits per heavy atom. The summed E-state index contributed by atoms with van der Waals surface area (Å²) in [6.45, 7) is 7.00. The summed E-state index contributed by atoms with van der Waals surface area (Å²) in [5, 5.41) is 11.9. The SMILES string of the molecule is Cc1ncc(NC(=O)OC(C)(C)C)cc1O. The van der Waals surface area contributed by atoms with Crippen molar-refractivity contribution >= 4 is 11.8 Å². The molecule has 16 heavy (non-hydrogen) atoms. The molecule has 0 radical (unpaired) electrons. The number of aromatic hydroxyl groups is 1. The van der Waals surface area contributed by atoms with Crippen molar-refractivity contribution in [3.8, 4) is 5.75 Å². The summed E-state index contributed by atoms with van der Waals surface area (Å²) >= 11 is 0. The lowest BCUT2D eigenvalue weighted by Crippen LogP contribution is -2.27. The van der Waals surface area contributed by atoms with Gasteiger partial charge in [0.05, 0.1) is 17.6 Å². The number of aromatic nitrogens is 1. The summed E-state index contributed by atoms with van der Waals surface area (Å²) in [6, 6.07) is 1.42. The number of hydrogen-bond donors (Lipinski definition) is 2. The van der Waals surface area contributed by atoms with Crippen LogP contribution in [0, 0.1) is 6.92 Å². The molecule has 1 heterocycles. The molecule has 1 amide bonds. The number of ether oxygens (including phenoxy) is 1. The lowest BCUT2D eigenvalue weighted by Gasteiger charge is -2.19. The molecule has 1 rings (SSSR count). The van der Waals surface area contributed by atoms with Gasteiger partial charge < -0.3 is 9.84 Å². The number of pyridine rings is 1. The molecule has 0 spiro atoms. The highest BCUT2D eigenvalue weighted by Gasteiger charge is 2.16. The molecule has 1 aromatic heterocycles. The van der Waals surface area contributed by atoms with Gasteiger partial charge in [0.1, 0.15) is 11.4 Å². The van der Waals surface area contributed by atoms with Crippen molar-refractivity contribution in [2.24, 2.45) is 0 Å². The van der Waals surface area contributed by atoms with Crippen LogP contribution in [0.2, 0.25) is 0 Å². The van der Waals surface area contributed by atoms with E-state index in [1.165, 1.54) is 12.3 Å². The second-order valence-electron chi connectivity index (χ2n) is 4.46. The standard InChI is InChI=1S/C11H16N2O3/c1-7-9(14)5-8(6-12-7)13-10(15)16-11(2,3)4/h5-6,14H,1-4H3,(H,13,15). The number of carbonyl (C=O) groups is 1. The fraction of sp³-hybridized carbons (Fsp3) is 0.455. The van der Waals surface area contributed by atoms with Crippen LogP contribution in [0.3, 0.4) is 0 Å². The van der Waals surface area contributed by atoms with Crippen LogP contribution in [0.15, 0.2) is 12.3 Å². The lowest BCUT2D eigenvalue weighted by atomic mass is 10.2. The molecule has 0 atom stereocenters. The van der Waals surface area contributed by atoms with Gasteiger partial charge in [-0.3, -0.25) is 10.3 Å². The molecule has 2 N–H and O–H groups in total. The maximum Gasteiger partial charge on any atom is 0.412 e. The van der Waals surface area contributed by atoms with Crippen molar-refractivity contribution in [2.75, 3.05) is 5.32 Å². The number of nitrogens with one attached hydrogen (secondary N) is 1. The van der Waals surface area contributed by atoms with E-state index >= 15 is 0 Å². The number of aryl methyl sites for hydroxylation is 1. The van der Waals surface area contributed by atoms with E-state index in [0.717, 1.165) is 0 Å². The molecule has 0 saturated carbocycles. The molecule has 0 aliphatic carbocycles. The summed E-state index contributed by atoms with van der Waals surface area (Å²) in [5.41, 5.74) is 0.358. The first-order chi connectivity index (χ1) is 7.28. The van der Waals surface area contributed by atoms with Gasteiger partial charge in [-0.15, -0.1) is 0 Å². The number of rotatable bonds is 1. The van der Waals surface area contributed by atoms with Crippen molar-refractivity contribution < 1.29 is 14.6 Å². The van der Waals surface area contributed by atoms with E-state index in [-0.39, 0.29) is 5.75 Å². The first-order valence-corrected chi connectivity index (χ1v) is 4.93. The van der Waals surface area contributed by atoms with Crippen LogP contribution in [-0.2, 0) is 4.74 Å². The van der Waals surface area contributed by atoms with Gasteiger partial charge in [-0.25, -0.2) is 4.79 Å². The summed E-state index contributed by atoms with van der Waals surface area (Å²) in [6.07, 6.45) is 0.886. The Bertz CT molecular complexity index is 397. The average Bonchev–Trinajstić information content (AvgIpc) is 2.08. The zero-order valence-electron chi connectivity index (χ0n) is 9.87. The van der Waals surface area contributed by atoms with Crippen molar-refractivity contribution in [1.82, 2.24) is 4.98 Å². The average molecular weight is 224 g/mol. The molecule has 0 aromatic carbocycles. The van der Waals surface area contributed by atoms with Crippen LogP contribution in [0.5, 0.6) is 5.75 Å². The van der Waals surface area contributed by atoms with Crippen LogP contribution in [0.4, 0.5) is 10.5 Å². The molecule has 0 aliphatic heterocycles. The Kier molecular flexibility index (Phi) is 3.37. The molecule has 0 bridgehead atoms. The quantitative estimate of drug-likeness (QED) is 0.768. The Labute approximate surface area is 94.5 Å². The van der Waals surface area contributed by atoms with Crippen LogP contribution >= 0.6 is 0 Å². The predicted octanol–water partition coefficient (Wildman–Crippen LogP) is 2.44. The fourth-order valence-corrected chi connectivity index (χ4v) is 1.01. The molecule has 1 aromatic rings. The van der Waals surface area contributed by atoms with Gasteiger partial charge >= 0.3 is 6.09 Å². The number of hydrogen-bond acceptors (Lipinski definition) is 4. The van der Waals surface area contributed by atoms with E-state index in [2.05, 4.69) is 10.3 Å². The van der Waals surface area contributed by atoms with Gasteiger partial charge in [-0.05, 0) is 27.7 Å². The molecule has 0 aliphatic rings. The maximum atomic E-state index is 11.4. The highest BCUT2D eigenvalue weighted by Crippen LogP contribution is 2.18. The molecule has 5 nitrogen and oxygen atoms in total. The smallest absolute Gasteiger partial charge is 0.412 e. The third-order valence-electron chi connectivity index (χ3n) is 1.71. The largest absolute Gasteiger partial charge is 0.506 e. The first-order valence-electron chi connectivity index (χ1n) is 4.93. The van der Waals surface area contributed by atoms with Crippen molar-refractivity contribution in [3.05, 3.63) is 18.0 Å². The molecule has 88 valence electrons. The molecular weight excluding hydrogens is 208 g/mol. The number of anilines is 1. The Morgan fingerprint density at radius 3 is 2.62 bits per heavy atom. The van der Waals surface area contributed by atoms with Crippen molar-refractivity contribution in [2.45, 2.75) is 33.3 Å². The molecular formula is C11H16N2O3. The van der Waals surface area contributed by atoms with Gasteiger partial charge in [0.15, 0.2) is 0 Å². The summed E-state index contributed by atoms with van der Waals surface area (Å²) in [5.74, 6) is 0.0357. The monoisotopic (exact) mass is 224 g/mol. The van der Waals surface area contributed by atoms with E-state index in [0.29, 0.717) is 11.4 Å². The summed E-state index contributed by atoms with van der Waals surface area (Å²) in [4.78, 5) is 15.3. The van der Waals surface area contributed by atoms with E-state index in [1.54, 1.807) is 27.7 Å². The minimum atomic E-state index is -0.572. The molecule has 5 heteroatoms. The van der Waals surface area contributed by atoms with E-state index in [9.17, 15) is 9.90 Å². The van der Waals surface area contributed by atoms with Gasteiger partial charge in [0.2, 0.25) is 0 Å². The van der Waals surface area contributed by atoms with Crippen LogP contribution < -0.4 is 5.32 Å². The van der Waals surface area contributed by atoms with Crippen LogP contribution in [0.25, 0.3) is 0 Å². The topological polar surface area (TPSA) is 71.5 Å². The molecule has 0 fully saturated rings. The lowest BCUT2D eigenvalue weighted by molar-refractivity contribution is 0.0636. The number of nitrogens with zero attached hydrogens (tertiary/aromatic N) is 1. The second-order valence-corrected chi connectivity index (χ2v) is 4.46. The minimum Gasteiger partial charge on any atom is -0.506 e.